The maximum absolute atomic E-state index is 10.4. The van der Waals surface area contributed by atoms with Crippen molar-refractivity contribution in [2.75, 3.05) is 0 Å². The first-order valence-corrected chi connectivity index (χ1v) is 8.30. The smallest absolute Gasteiger partial charge is 0.119 e. The van der Waals surface area contributed by atoms with Crippen LogP contribution in [0.5, 0.6) is 11.5 Å². The first-order chi connectivity index (χ1) is 10.7. The molecule has 2 aliphatic carbocycles. The molecule has 2 aromatic rings. The average molecular weight is 294 g/mol. The van der Waals surface area contributed by atoms with E-state index in [1.807, 2.05) is 36.4 Å². The van der Waals surface area contributed by atoms with E-state index in [0.717, 1.165) is 23.0 Å². The van der Waals surface area contributed by atoms with Crippen LogP contribution in [0.1, 0.15) is 42.7 Å². The Bertz CT molecular complexity index is 633. The van der Waals surface area contributed by atoms with Crippen LogP contribution in [0.3, 0.4) is 0 Å². The first kappa shape index (κ1) is 13.7. The molecule has 0 heterocycles. The fourth-order valence-electron chi connectivity index (χ4n) is 4.83. The van der Waals surface area contributed by atoms with Crippen LogP contribution in [-0.2, 0) is 0 Å². The maximum Gasteiger partial charge on any atom is 0.119 e. The third-order valence-corrected chi connectivity index (χ3v) is 5.76. The molecule has 2 N–H and O–H groups in total. The van der Waals surface area contributed by atoms with E-state index in [-0.39, 0.29) is 5.92 Å². The van der Waals surface area contributed by atoms with Crippen LogP contribution >= 0.6 is 0 Å². The van der Waals surface area contributed by atoms with E-state index < -0.39 is 0 Å². The summed E-state index contributed by atoms with van der Waals surface area (Å²) in [6.07, 6.45) is 5.20. The largest absolute Gasteiger partial charge is 0.508 e. The molecule has 0 aliphatic heterocycles. The van der Waals surface area contributed by atoms with E-state index in [0.29, 0.717) is 17.4 Å². The second kappa shape index (κ2) is 5.35. The van der Waals surface area contributed by atoms with Gasteiger partial charge in [-0.3, -0.25) is 0 Å². The van der Waals surface area contributed by atoms with E-state index in [1.54, 1.807) is 12.1 Å². The van der Waals surface area contributed by atoms with Crippen molar-refractivity contribution in [3.63, 3.8) is 0 Å². The highest BCUT2D eigenvalue weighted by Crippen LogP contribution is 2.56. The van der Waals surface area contributed by atoms with Gasteiger partial charge in [0.1, 0.15) is 11.5 Å². The molecule has 3 atom stereocenters. The summed E-state index contributed by atoms with van der Waals surface area (Å²) in [6, 6.07) is 15.2. The van der Waals surface area contributed by atoms with Crippen LogP contribution in [0.2, 0.25) is 0 Å². The van der Waals surface area contributed by atoms with Crippen LogP contribution in [-0.4, -0.2) is 10.2 Å². The Labute approximate surface area is 131 Å². The number of fused-ring (bicyclic) bond motifs is 2. The summed E-state index contributed by atoms with van der Waals surface area (Å²) < 4.78 is 0. The van der Waals surface area contributed by atoms with Gasteiger partial charge in [-0.2, -0.15) is 0 Å². The van der Waals surface area contributed by atoms with Crippen molar-refractivity contribution >= 4 is 0 Å². The number of hydrogen-bond acceptors (Lipinski definition) is 2. The van der Waals surface area contributed by atoms with Crippen molar-refractivity contribution in [3.8, 4) is 11.5 Å². The lowest BCUT2D eigenvalue weighted by Gasteiger charge is -2.32. The van der Waals surface area contributed by atoms with Gasteiger partial charge in [0.05, 0.1) is 0 Å². The Balaban J connectivity index is 1.82. The van der Waals surface area contributed by atoms with Gasteiger partial charge in [0, 0.05) is 17.0 Å². The van der Waals surface area contributed by atoms with Crippen LogP contribution in [0.15, 0.2) is 48.5 Å². The van der Waals surface area contributed by atoms with Crippen molar-refractivity contribution < 1.29 is 10.2 Å². The standard InChI is InChI=1S/C20H22O2/c21-18-7-3-1-5-15(18)20(16-6-2-4-8-19(16)22)17-12-13-9-10-14(17)11-13/h1-8,13-14,17,20-22H,9-12H2. The quantitative estimate of drug-likeness (QED) is 0.864. The highest BCUT2D eigenvalue weighted by Gasteiger charge is 2.44. The van der Waals surface area contributed by atoms with E-state index in [1.165, 1.54) is 25.7 Å². The Morgan fingerprint density at radius 2 is 1.36 bits per heavy atom. The summed E-state index contributed by atoms with van der Waals surface area (Å²) in [5.74, 6) is 2.89. The van der Waals surface area contributed by atoms with E-state index in [2.05, 4.69) is 0 Å². The fourth-order valence-corrected chi connectivity index (χ4v) is 4.83. The number of aromatic hydroxyl groups is 2. The molecule has 0 aromatic heterocycles. The van der Waals surface area contributed by atoms with Crippen molar-refractivity contribution in [1.29, 1.82) is 0 Å². The average Bonchev–Trinajstić information content (AvgIpc) is 3.14. The molecule has 3 unspecified atom stereocenters. The summed E-state index contributed by atoms with van der Waals surface area (Å²) in [5, 5.41) is 20.8. The van der Waals surface area contributed by atoms with Gasteiger partial charge in [-0.05, 0) is 49.1 Å². The lowest BCUT2D eigenvalue weighted by molar-refractivity contribution is 0.294. The zero-order valence-electron chi connectivity index (χ0n) is 12.7. The van der Waals surface area contributed by atoms with Gasteiger partial charge < -0.3 is 10.2 Å². The van der Waals surface area contributed by atoms with Gasteiger partial charge in [0.15, 0.2) is 0 Å². The van der Waals surface area contributed by atoms with Crippen molar-refractivity contribution in [2.45, 2.75) is 31.6 Å². The van der Waals surface area contributed by atoms with E-state index >= 15 is 0 Å². The van der Waals surface area contributed by atoms with E-state index in [4.69, 9.17) is 0 Å². The van der Waals surface area contributed by atoms with Crippen molar-refractivity contribution in [3.05, 3.63) is 59.7 Å². The third kappa shape index (κ3) is 2.18. The zero-order valence-corrected chi connectivity index (χ0v) is 12.7. The first-order valence-electron chi connectivity index (χ1n) is 8.30. The Hall–Kier alpha value is -1.96. The van der Waals surface area contributed by atoms with Gasteiger partial charge in [-0.15, -0.1) is 0 Å². The molecule has 2 nitrogen and oxygen atoms in total. The zero-order chi connectivity index (χ0) is 15.1. The molecular formula is C20H22O2. The number of phenolic OH excluding ortho intramolecular Hbond substituents is 2. The monoisotopic (exact) mass is 294 g/mol. The van der Waals surface area contributed by atoms with Gasteiger partial charge in [-0.1, -0.05) is 42.8 Å². The number of phenols is 2. The SMILES string of the molecule is Oc1ccccc1C(c1ccccc1O)C1CC2CCC1C2. The van der Waals surface area contributed by atoms with Crippen LogP contribution in [0.25, 0.3) is 0 Å². The Morgan fingerprint density at radius 3 is 1.82 bits per heavy atom. The second-order valence-electron chi connectivity index (χ2n) is 6.93. The predicted molar refractivity (Wildman–Crippen MR) is 87.0 cm³/mol. The number of para-hydroxylation sites is 2. The molecule has 0 amide bonds. The minimum Gasteiger partial charge on any atom is -0.508 e. The van der Waals surface area contributed by atoms with Crippen LogP contribution in [0, 0.1) is 17.8 Å². The molecule has 0 spiro atoms. The fraction of sp³-hybridized carbons (Fsp3) is 0.400. The molecule has 0 radical (unpaired) electrons. The lowest BCUT2D eigenvalue weighted by Crippen LogP contribution is -2.20. The summed E-state index contributed by atoms with van der Waals surface area (Å²) >= 11 is 0. The molecule has 2 bridgehead atoms. The molecule has 2 heteroatoms. The van der Waals surface area contributed by atoms with E-state index in [9.17, 15) is 10.2 Å². The molecule has 0 saturated heterocycles. The van der Waals surface area contributed by atoms with Crippen LogP contribution < -0.4 is 0 Å². The predicted octanol–water partition coefficient (Wildman–Crippen LogP) is 4.67. The van der Waals surface area contributed by atoms with Crippen LogP contribution in [0.4, 0.5) is 0 Å². The van der Waals surface area contributed by atoms with Gasteiger partial charge in [-0.25, -0.2) is 0 Å². The highest BCUT2D eigenvalue weighted by atomic mass is 16.3. The minimum absolute atomic E-state index is 0.0951. The highest BCUT2D eigenvalue weighted by molar-refractivity contribution is 5.47. The number of rotatable bonds is 3. The van der Waals surface area contributed by atoms with Gasteiger partial charge >= 0.3 is 0 Å². The molecule has 22 heavy (non-hydrogen) atoms. The molecule has 2 saturated carbocycles. The van der Waals surface area contributed by atoms with Crippen molar-refractivity contribution in [1.82, 2.24) is 0 Å². The molecule has 114 valence electrons. The number of hydrogen-bond donors (Lipinski definition) is 2. The summed E-state index contributed by atoms with van der Waals surface area (Å²) in [6.45, 7) is 0. The molecule has 2 fully saturated rings. The molecular weight excluding hydrogens is 272 g/mol. The lowest BCUT2D eigenvalue weighted by atomic mass is 9.72. The summed E-state index contributed by atoms with van der Waals surface area (Å²) in [4.78, 5) is 0. The summed E-state index contributed by atoms with van der Waals surface area (Å²) in [5.41, 5.74) is 1.92. The molecule has 4 rings (SSSR count). The topological polar surface area (TPSA) is 40.5 Å². The summed E-state index contributed by atoms with van der Waals surface area (Å²) in [7, 11) is 0. The Kier molecular flexibility index (Phi) is 3.33. The third-order valence-electron chi connectivity index (χ3n) is 5.76. The number of benzene rings is 2. The molecule has 2 aromatic carbocycles. The van der Waals surface area contributed by atoms with Gasteiger partial charge in [0.25, 0.3) is 0 Å². The Morgan fingerprint density at radius 1 is 0.773 bits per heavy atom. The molecule has 2 aliphatic rings. The maximum atomic E-state index is 10.4. The van der Waals surface area contributed by atoms with Crippen molar-refractivity contribution in [2.24, 2.45) is 17.8 Å². The second-order valence-corrected chi connectivity index (χ2v) is 6.93. The normalized spacial score (nSPS) is 26.7. The van der Waals surface area contributed by atoms with Gasteiger partial charge in [0.2, 0.25) is 0 Å². The minimum atomic E-state index is 0.0951.